The molecule has 0 aliphatic rings. The van der Waals surface area contributed by atoms with Gasteiger partial charge in [0.15, 0.2) is 0 Å². The minimum absolute atomic E-state index is 0.977. The second-order valence-corrected chi connectivity index (χ2v) is 18.8. The van der Waals surface area contributed by atoms with Crippen LogP contribution >= 0.6 is 23.5 Å². The van der Waals surface area contributed by atoms with Crippen molar-refractivity contribution in [3.63, 3.8) is 0 Å². The van der Waals surface area contributed by atoms with Gasteiger partial charge in [-0.05, 0) is 49.0 Å². The lowest BCUT2D eigenvalue weighted by Gasteiger charge is -2.19. The van der Waals surface area contributed by atoms with Gasteiger partial charge in [-0.3, -0.25) is 0 Å². The highest BCUT2D eigenvalue weighted by atomic mass is 32.2. The molecular formula is C47H96S2. The third-order valence-electron chi connectivity index (χ3n) is 11.2. The fourth-order valence-corrected chi connectivity index (χ4v) is 10.3. The standard InChI is InChI=1S/C47H96S2/c1-5-9-13-17-21-25-29-33-37-41-46(39-35-31-27-23-19-15-11-7-3)43-48-45-49-44-47(40-36-32-28-24-20-16-12-8-4)42-38-34-30-26-22-18-14-10-6-2/h46-47H,5-45H2,1-4H3. The highest BCUT2D eigenvalue weighted by Crippen LogP contribution is 2.28. The van der Waals surface area contributed by atoms with Crippen LogP contribution in [0.5, 0.6) is 0 Å². The van der Waals surface area contributed by atoms with E-state index >= 15 is 0 Å². The van der Waals surface area contributed by atoms with Crippen molar-refractivity contribution in [2.24, 2.45) is 11.8 Å². The lowest BCUT2D eigenvalue weighted by molar-refractivity contribution is 0.435. The minimum Gasteiger partial charge on any atom is -0.151 e. The Bertz CT molecular complexity index is 514. The molecule has 0 saturated carbocycles. The van der Waals surface area contributed by atoms with Crippen molar-refractivity contribution >= 4 is 23.5 Å². The van der Waals surface area contributed by atoms with Gasteiger partial charge in [-0.2, -0.15) is 23.5 Å². The monoisotopic (exact) mass is 725 g/mol. The van der Waals surface area contributed by atoms with Crippen LogP contribution in [0.4, 0.5) is 0 Å². The van der Waals surface area contributed by atoms with Crippen molar-refractivity contribution < 1.29 is 0 Å². The molecule has 0 aliphatic heterocycles. The number of rotatable bonds is 44. The molecule has 0 bridgehead atoms. The molecule has 0 N–H and O–H groups in total. The molecule has 0 aliphatic carbocycles. The van der Waals surface area contributed by atoms with Crippen LogP contribution in [0.1, 0.15) is 272 Å². The number of hydrogen-bond acceptors (Lipinski definition) is 2. The molecule has 0 radical (unpaired) electrons. The molecular weight excluding hydrogens is 629 g/mol. The van der Waals surface area contributed by atoms with Crippen molar-refractivity contribution in [1.82, 2.24) is 0 Å². The third-order valence-corrected chi connectivity index (χ3v) is 14.0. The van der Waals surface area contributed by atoms with E-state index in [1.54, 1.807) is 0 Å². The number of unbranched alkanes of at least 4 members (excludes halogenated alkanes) is 30. The molecule has 0 amide bonds. The van der Waals surface area contributed by atoms with Crippen LogP contribution in [-0.4, -0.2) is 16.6 Å². The second kappa shape index (κ2) is 44.9. The van der Waals surface area contributed by atoms with E-state index in [-0.39, 0.29) is 0 Å². The molecule has 0 heterocycles. The minimum atomic E-state index is 0.977. The highest BCUT2D eigenvalue weighted by molar-refractivity contribution is 8.15. The van der Waals surface area contributed by atoms with Gasteiger partial charge in [0, 0.05) is 5.08 Å². The van der Waals surface area contributed by atoms with E-state index in [0.717, 1.165) is 11.8 Å². The Balaban J connectivity index is 4.45. The van der Waals surface area contributed by atoms with Gasteiger partial charge in [0.2, 0.25) is 0 Å². The molecule has 0 aromatic carbocycles. The molecule has 2 atom stereocenters. The summed E-state index contributed by atoms with van der Waals surface area (Å²) in [7, 11) is 0. The molecule has 0 saturated heterocycles. The lowest BCUT2D eigenvalue weighted by Crippen LogP contribution is -2.07. The van der Waals surface area contributed by atoms with Crippen molar-refractivity contribution in [2.45, 2.75) is 272 Å². The summed E-state index contributed by atoms with van der Waals surface area (Å²) in [5.74, 6) is 4.82. The Labute approximate surface area is 322 Å². The highest BCUT2D eigenvalue weighted by Gasteiger charge is 2.12. The second-order valence-electron chi connectivity index (χ2n) is 16.4. The molecule has 0 aromatic heterocycles. The zero-order valence-electron chi connectivity index (χ0n) is 35.0. The predicted octanol–water partition coefficient (Wildman–Crippen LogP) is 18.5. The summed E-state index contributed by atoms with van der Waals surface area (Å²) >= 11 is 4.61. The van der Waals surface area contributed by atoms with E-state index in [0.29, 0.717) is 0 Å². The molecule has 2 heteroatoms. The van der Waals surface area contributed by atoms with E-state index in [1.165, 1.54) is 261 Å². The molecule has 0 rings (SSSR count). The van der Waals surface area contributed by atoms with E-state index < -0.39 is 0 Å². The van der Waals surface area contributed by atoms with Crippen molar-refractivity contribution in [2.75, 3.05) is 16.6 Å². The normalized spacial score (nSPS) is 13.0. The van der Waals surface area contributed by atoms with Gasteiger partial charge in [0.25, 0.3) is 0 Å². The first-order valence-electron chi connectivity index (χ1n) is 23.4. The van der Waals surface area contributed by atoms with Crippen LogP contribution in [-0.2, 0) is 0 Å². The summed E-state index contributed by atoms with van der Waals surface area (Å²) in [6, 6.07) is 0. The van der Waals surface area contributed by atoms with Crippen LogP contribution in [0.3, 0.4) is 0 Å². The molecule has 2 unspecified atom stereocenters. The first kappa shape index (κ1) is 49.7. The molecule has 0 nitrogen and oxygen atoms in total. The topological polar surface area (TPSA) is 0 Å². The van der Waals surface area contributed by atoms with Gasteiger partial charge >= 0.3 is 0 Å². The van der Waals surface area contributed by atoms with E-state index in [4.69, 9.17) is 0 Å². The molecule has 0 spiro atoms. The summed E-state index contributed by atoms with van der Waals surface area (Å²) in [4.78, 5) is 0. The Morgan fingerprint density at radius 1 is 0.245 bits per heavy atom. The maximum atomic E-state index is 2.33. The molecule has 0 fully saturated rings. The summed E-state index contributed by atoms with van der Waals surface area (Å²) in [6.45, 7) is 9.32. The van der Waals surface area contributed by atoms with Gasteiger partial charge in [0.1, 0.15) is 0 Å². The van der Waals surface area contributed by atoms with Crippen LogP contribution < -0.4 is 0 Å². The first-order chi connectivity index (χ1) is 24.3. The van der Waals surface area contributed by atoms with Gasteiger partial charge in [-0.25, -0.2) is 0 Å². The van der Waals surface area contributed by atoms with Gasteiger partial charge in [0.05, 0.1) is 0 Å². The summed E-state index contributed by atoms with van der Waals surface area (Å²) in [5, 5.41) is 1.34. The maximum absolute atomic E-state index is 2.33. The Kier molecular flexibility index (Phi) is 45.5. The molecule has 49 heavy (non-hydrogen) atoms. The average Bonchev–Trinajstić information content (AvgIpc) is 3.11. The fraction of sp³-hybridized carbons (Fsp3) is 1.00. The lowest BCUT2D eigenvalue weighted by atomic mass is 9.95. The first-order valence-corrected chi connectivity index (χ1v) is 25.7. The number of thioether (sulfide) groups is 2. The van der Waals surface area contributed by atoms with Crippen LogP contribution in [0.2, 0.25) is 0 Å². The fourth-order valence-electron chi connectivity index (χ4n) is 7.73. The summed E-state index contributed by atoms with van der Waals surface area (Å²) < 4.78 is 0. The van der Waals surface area contributed by atoms with Crippen LogP contribution in [0, 0.1) is 11.8 Å². The van der Waals surface area contributed by atoms with E-state index in [9.17, 15) is 0 Å². The smallest absolute Gasteiger partial charge is 0.0392 e. The van der Waals surface area contributed by atoms with Gasteiger partial charge < -0.3 is 0 Å². The van der Waals surface area contributed by atoms with E-state index in [1.807, 2.05) is 0 Å². The van der Waals surface area contributed by atoms with Crippen molar-refractivity contribution in [3.05, 3.63) is 0 Å². The zero-order chi connectivity index (χ0) is 35.6. The van der Waals surface area contributed by atoms with Crippen LogP contribution in [0.15, 0.2) is 0 Å². The summed E-state index contributed by atoms with van der Waals surface area (Å²) in [5.41, 5.74) is 0. The predicted molar refractivity (Wildman–Crippen MR) is 235 cm³/mol. The van der Waals surface area contributed by atoms with Crippen LogP contribution in [0.25, 0.3) is 0 Å². The third kappa shape index (κ3) is 41.3. The Morgan fingerprint density at radius 2 is 0.429 bits per heavy atom. The zero-order valence-corrected chi connectivity index (χ0v) is 36.6. The summed E-state index contributed by atoms with van der Waals surface area (Å²) in [6.07, 6.45) is 55.7. The quantitative estimate of drug-likeness (QED) is 0.0453. The van der Waals surface area contributed by atoms with Crippen molar-refractivity contribution in [1.29, 1.82) is 0 Å². The van der Waals surface area contributed by atoms with Gasteiger partial charge in [-0.1, -0.05) is 246 Å². The molecule has 296 valence electrons. The Hall–Kier alpha value is 0.700. The van der Waals surface area contributed by atoms with Gasteiger partial charge in [-0.15, -0.1) is 0 Å². The van der Waals surface area contributed by atoms with E-state index in [2.05, 4.69) is 51.2 Å². The van der Waals surface area contributed by atoms with Crippen molar-refractivity contribution in [3.8, 4) is 0 Å². The molecule has 0 aromatic rings. The number of hydrogen-bond donors (Lipinski definition) is 0. The maximum Gasteiger partial charge on any atom is 0.0392 e. The average molecular weight is 725 g/mol. The SMILES string of the molecule is CCCCCCCCCCCC(CCCCCCCCCC)CSCSCC(CCCCCCCCCC)CCCCCCCCCCC. The largest absolute Gasteiger partial charge is 0.151 e. The Morgan fingerprint density at radius 3 is 0.633 bits per heavy atom.